The number of fused-ring (bicyclic) bond motifs is 12. The van der Waals surface area contributed by atoms with Crippen molar-refractivity contribution in [3.05, 3.63) is 206 Å². The van der Waals surface area contributed by atoms with Gasteiger partial charge in [-0.25, -0.2) is 0 Å². The Kier molecular flexibility index (Phi) is 6.65. The maximum absolute atomic E-state index is 2.59. The van der Waals surface area contributed by atoms with E-state index in [-0.39, 0.29) is 13.4 Å². The summed E-state index contributed by atoms with van der Waals surface area (Å²) in [5.74, 6) is 0. The van der Waals surface area contributed by atoms with Crippen LogP contribution in [0.4, 0.5) is 0 Å². The van der Waals surface area contributed by atoms with Gasteiger partial charge in [-0.3, -0.25) is 0 Å². The fourth-order valence-electron chi connectivity index (χ4n) is 11.0. The zero-order valence-electron chi connectivity index (χ0n) is 31.7. The van der Waals surface area contributed by atoms with Gasteiger partial charge in [0.25, 0.3) is 0 Å². The molecular weight excluding hydrogens is 698 g/mol. The van der Waals surface area contributed by atoms with Crippen molar-refractivity contribution in [3.8, 4) is 33.6 Å². The van der Waals surface area contributed by atoms with E-state index in [1.807, 2.05) is 0 Å². The zero-order valence-corrected chi connectivity index (χ0v) is 31.7. The Morgan fingerprint density at radius 3 is 0.931 bits per heavy atom. The minimum atomic E-state index is -0.00333. The van der Waals surface area contributed by atoms with Crippen LogP contribution < -0.4 is 32.8 Å². The van der Waals surface area contributed by atoms with Gasteiger partial charge in [0.15, 0.2) is 0 Å². The van der Waals surface area contributed by atoms with E-state index in [2.05, 4.69) is 215 Å². The van der Waals surface area contributed by atoms with Gasteiger partial charge in [-0.2, -0.15) is 0 Å². The molecule has 0 radical (unpaired) electrons. The normalized spacial score (nSPS) is 12.8. The third-order valence-electron chi connectivity index (χ3n) is 13.1. The van der Waals surface area contributed by atoms with E-state index in [0.29, 0.717) is 0 Å². The average molecular weight is 733 g/mol. The summed E-state index contributed by atoms with van der Waals surface area (Å²) in [6.45, 7) is -0.00666. The van der Waals surface area contributed by atoms with Crippen LogP contribution in [0.25, 0.3) is 77.2 Å². The molecule has 0 unspecified atom stereocenters. The summed E-state index contributed by atoms with van der Waals surface area (Å²) in [6.07, 6.45) is 0. The molecule has 4 heteroatoms. The molecule has 2 aliphatic rings. The second-order valence-corrected chi connectivity index (χ2v) is 15.9. The molecule has 2 aromatic heterocycles. The molecule has 0 saturated carbocycles. The third-order valence-corrected chi connectivity index (χ3v) is 13.1. The topological polar surface area (TPSA) is 9.86 Å². The maximum Gasteiger partial charge on any atom is 0.246 e. The highest BCUT2D eigenvalue weighted by Gasteiger charge is 2.42. The van der Waals surface area contributed by atoms with Gasteiger partial charge in [-0.15, -0.1) is 0 Å². The van der Waals surface area contributed by atoms with Gasteiger partial charge >= 0.3 is 0 Å². The Morgan fingerprint density at radius 2 is 0.569 bits per heavy atom. The summed E-state index contributed by atoms with van der Waals surface area (Å²) in [4.78, 5) is 0. The van der Waals surface area contributed by atoms with E-state index >= 15 is 0 Å². The number of hydrogen-bond acceptors (Lipinski definition) is 0. The Balaban J connectivity index is 1.36. The predicted octanol–water partition coefficient (Wildman–Crippen LogP) is 8.87. The van der Waals surface area contributed by atoms with E-state index in [1.165, 1.54) is 110 Å². The van der Waals surface area contributed by atoms with Crippen LogP contribution in [0, 0.1) is 0 Å². The molecule has 266 valence electrons. The average Bonchev–Trinajstić information content (AvgIpc) is 4.02. The molecule has 11 aromatic rings. The molecule has 13 rings (SSSR count). The zero-order chi connectivity index (χ0) is 37.9. The molecule has 4 heterocycles. The Labute approximate surface area is 337 Å². The second kappa shape index (κ2) is 12.1. The molecule has 2 nitrogen and oxygen atoms in total. The van der Waals surface area contributed by atoms with Crippen molar-refractivity contribution in [1.29, 1.82) is 0 Å². The standard InChI is InChI=1S/C54H34B2N2/c1-3-19-35(20-4-1)57-47-33-17-11-27-41(47)49-52(56-45-31-15-9-25-39(45)40-26-10-16-32-46(40)56)54-50(42-28-12-18-34-48(42)58(54)36-21-5-2-6-22-36)51(53(49)57)55-43-29-13-7-23-37(43)38-24-8-14-30-44(38)55/h1-34H. The van der Waals surface area contributed by atoms with Crippen LogP contribution in [-0.2, 0) is 0 Å². The summed E-state index contributed by atoms with van der Waals surface area (Å²) < 4.78 is 5.18. The van der Waals surface area contributed by atoms with Crippen molar-refractivity contribution >= 4 is 89.8 Å². The van der Waals surface area contributed by atoms with Crippen molar-refractivity contribution in [1.82, 2.24) is 9.13 Å². The first-order valence-electron chi connectivity index (χ1n) is 20.4. The largest absolute Gasteiger partial charge is 0.310 e. The lowest BCUT2D eigenvalue weighted by molar-refractivity contribution is 1.18. The Hall–Kier alpha value is -7.29. The van der Waals surface area contributed by atoms with Crippen LogP contribution >= 0.6 is 0 Å². The maximum atomic E-state index is 2.59. The minimum absolute atomic E-state index is 0.00333. The van der Waals surface area contributed by atoms with Crippen molar-refractivity contribution in [2.24, 2.45) is 0 Å². The van der Waals surface area contributed by atoms with Gasteiger partial charge in [-0.05, 0) is 69.6 Å². The molecular formula is C54H34B2N2. The van der Waals surface area contributed by atoms with Crippen LogP contribution in [-0.4, -0.2) is 22.6 Å². The number of benzene rings is 9. The first-order valence-corrected chi connectivity index (χ1v) is 20.4. The summed E-state index contributed by atoms with van der Waals surface area (Å²) >= 11 is 0. The first kappa shape index (κ1) is 31.9. The number of rotatable bonds is 4. The fourth-order valence-corrected chi connectivity index (χ4v) is 11.0. The SMILES string of the molecule is c1ccc(-n2c3ccccc3c3c(B4c5ccccc5-c5ccccc54)c4c(c(B5c6ccccc6-c6ccccc65)c32)c2ccccc2n4-c2ccccc2)cc1. The molecule has 58 heavy (non-hydrogen) atoms. The van der Waals surface area contributed by atoms with E-state index in [9.17, 15) is 0 Å². The van der Waals surface area contributed by atoms with Gasteiger partial charge < -0.3 is 9.13 Å². The summed E-state index contributed by atoms with van der Waals surface area (Å²) in [6, 6.07) is 76.9. The summed E-state index contributed by atoms with van der Waals surface area (Å²) in [7, 11) is 0. The predicted molar refractivity (Wildman–Crippen MR) is 248 cm³/mol. The van der Waals surface area contributed by atoms with E-state index in [1.54, 1.807) is 0 Å². The lowest BCUT2D eigenvalue weighted by atomic mass is 9.35. The lowest BCUT2D eigenvalue weighted by Gasteiger charge is -2.23. The Morgan fingerprint density at radius 1 is 0.276 bits per heavy atom. The molecule has 0 amide bonds. The highest BCUT2D eigenvalue weighted by molar-refractivity contribution is 7.04. The number of hydrogen-bond donors (Lipinski definition) is 0. The smallest absolute Gasteiger partial charge is 0.246 e. The van der Waals surface area contributed by atoms with Crippen LogP contribution in [0.3, 0.4) is 0 Å². The Bertz CT molecular complexity index is 3150. The highest BCUT2D eigenvalue weighted by Crippen LogP contribution is 2.40. The molecule has 2 aliphatic heterocycles. The van der Waals surface area contributed by atoms with Gasteiger partial charge in [0.1, 0.15) is 0 Å². The molecule has 0 fully saturated rings. The highest BCUT2D eigenvalue weighted by atomic mass is 15.0. The van der Waals surface area contributed by atoms with Crippen LogP contribution in [0.5, 0.6) is 0 Å². The lowest BCUT2D eigenvalue weighted by Crippen LogP contribution is -2.53. The van der Waals surface area contributed by atoms with E-state index < -0.39 is 0 Å². The van der Waals surface area contributed by atoms with E-state index in [4.69, 9.17) is 0 Å². The molecule has 9 aromatic carbocycles. The van der Waals surface area contributed by atoms with Crippen molar-refractivity contribution < 1.29 is 0 Å². The molecule has 0 aliphatic carbocycles. The summed E-state index contributed by atoms with van der Waals surface area (Å²) in [5, 5.41) is 5.18. The summed E-state index contributed by atoms with van der Waals surface area (Å²) in [5.41, 5.74) is 20.8. The minimum Gasteiger partial charge on any atom is -0.310 e. The number of aromatic nitrogens is 2. The van der Waals surface area contributed by atoms with Gasteiger partial charge in [0.05, 0.1) is 11.0 Å². The molecule has 0 N–H and O–H groups in total. The van der Waals surface area contributed by atoms with Gasteiger partial charge in [0.2, 0.25) is 13.4 Å². The van der Waals surface area contributed by atoms with Gasteiger partial charge in [-0.1, -0.05) is 192 Å². The second-order valence-electron chi connectivity index (χ2n) is 15.9. The monoisotopic (exact) mass is 732 g/mol. The molecule has 0 atom stereocenters. The first-order chi connectivity index (χ1) is 28.9. The van der Waals surface area contributed by atoms with Crippen LogP contribution in [0.1, 0.15) is 0 Å². The molecule has 0 bridgehead atoms. The van der Waals surface area contributed by atoms with E-state index in [0.717, 1.165) is 0 Å². The van der Waals surface area contributed by atoms with Crippen molar-refractivity contribution in [2.45, 2.75) is 0 Å². The molecule has 0 saturated heterocycles. The molecule has 0 spiro atoms. The van der Waals surface area contributed by atoms with Crippen LogP contribution in [0.15, 0.2) is 206 Å². The van der Waals surface area contributed by atoms with Crippen molar-refractivity contribution in [2.75, 3.05) is 0 Å². The van der Waals surface area contributed by atoms with Gasteiger partial charge in [0, 0.05) is 44.0 Å². The third kappa shape index (κ3) is 4.19. The number of para-hydroxylation sites is 4. The fraction of sp³-hybridized carbons (Fsp3) is 0. The number of nitrogens with zero attached hydrogens (tertiary/aromatic N) is 2. The van der Waals surface area contributed by atoms with Crippen molar-refractivity contribution in [3.63, 3.8) is 0 Å². The quantitative estimate of drug-likeness (QED) is 0.160. The van der Waals surface area contributed by atoms with Crippen LogP contribution in [0.2, 0.25) is 0 Å².